The lowest BCUT2D eigenvalue weighted by Crippen LogP contribution is -2.15. The molecule has 1 unspecified atom stereocenters. The zero-order valence-corrected chi connectivity index (χ0v) is 11.6. The third-order valence-corrected chi connectivity index (χ3v) is 5.31. The van der Waals surface area contributed by atoms with Gasteiger partial charge in [0.1, 0.15) is 11.6 Å². The fourth-order valence-corrected chi connectivity index (χ4v) is 4.36. The number of hydrogen-bond donors (Lipinski definition) is 2. The normalized spacial score (nSPS) is 20.2. The number of nitrogens with one attached hydrogen (secondary N) is 1. The predicted molar refractivity (Wildman–Crippen MR) is 76.4 cm³/mol. The molecule has 4 nitrogen and oxygen atoms in total. The second-order valence-corrected chi connectivity index (χ2v) is 6.39. The van der Waals surface area contributed by atoms with Crippen LogP contribution in [0, 0.1) is 0 Å². The number of nitrogens with two attached hydrogens (primary N) is 1. The number of hydrazine groups is 1. The van der Waals surface area contributed by atoms with Gasteiger partial charge in [-0.25, -0.2) is 15.8 Å². The van der Waals surface area contributed by atoms with E-state index >= 15 is 0 Å². The molecular formula is C11H18N4S2. The quantitative estimate of drug-likeness (QED) is 0.646. The molecule has 1 fully saturated rings. The number of rotatable bonds is 4. The molecule has 1 atom stereocenters. The van der Waals surface area contributed by atoms with Gasteiger partial charge in [0.05, 0.1) is 5.25 Å². The summed E-state index contributed by atoms with van der Waals surface area (Å²) in [6.45, 7) is 2.16. The van der Waals surface area contributed by atoms with E-state index in [1.54, 1.807) is 0 Å². The molecule has 2 rings (SSSR count). The van der Waals surface area contributed by atoms with Gasteiger partial charge < -0.3 is 5.43 Å². The van der Waals surface area contributed by atoms with Crippen LogP contribution < -0.4 is 11.3 Å². The Morgan fingerprint density at radius 2 is 2.35 bits per heavy atom. The van der Waals surface area contributed by atoms with Gasteiger partial charge in [0.15, 0.2) is 0 Å². The van der Waals surface area contributed by atoms with Crippen LogP contribution in [0.3, 0.4) is 0 Å². The van der Waals surface area contributed by atoms with Crippen molar-refractivity contribution in [3.63, 3.8) is 0 Å². The molecule has 3 N–H and O–H groups in total. The Morgan fingerprint density at radius 1 is 1.47 bits per heavy atom. The summed E-state index contributed by atoms with van der Waals surface area (Å²) in [5.74, 6) is 10.6. The Balaban J connectivity index is 2.21. The van der Waals surface area contributed by atoms with E-state index < -0.39 is 0 Å². The van der Waals surface area contributed by atoms with Gasteiger partial charge in [-0.3, -0.25) is 0 Å². The highest BCUT2D eigenvalue weighted by molar-refractivity contribution is 8.06. The van der Waals surface area contributed by atoms with Crippen molar-refractivity contribution in [2.45, 2.75) is 25.0 Å². The lowest BCUT2D eigenvalue weighted by Gasteiger charge is -2.20. The largest absolute Gasteiger partial charge is 0.308 e. The molecule has 1 aliphatic heterocycles. The van der Waals surface area contributed by atoms with Crippen molar-refractivity contribution in [3.8, 4) is 0 Å². The molecule has 94 valence electrons. The van der Waals surface area contributed by atoms with Crippen molar-refractivity contribution in [3.05, 3.63) is 17.6 Å². The minimum Gasteiger partial charge on any atom is -0.308 e. The number of anilines is 1. The minimum atomic E-state index is 0.414. The molecule has 0 aromatic carbocycles. The summed E-state index contributed by atoms with van der Waals surface area (Å²) in [6.07, 6.45) is 2.07. The minimum absolute atomic E-state index is 0.414. The number of nitrogens with zero attached hydrogens (tertiary/aromatic N) is 2. The average molecular weight is 270 g/mol. The predicted octanol–water partition coefficient (Wildman–Crippen LogP) is 2.24. The number of thioether (sulfide) groups is 2. The number of aromatic nitrogens is 2. The zero-order valence-electron chi connectivity index (χ0n) is 9.98. The maximum absolute atomic E-state index is 5.46. The third-order valence-electron chi connectivity index (χ3n) is 2.55. The molecule has 0 amide bonds. The summed E-state index contributed by atoms with van der Waals surface area (Å²) in [5.41, 5.74) is 3.72. The van der Waals surface area contributed by atoms with Crippen molar-refractivity contribution >= 4 is 29.3 Å². The Hall–Kier alpha value is -0.460. The molecule has 0 bridgehead atoms. The lowest BCUT2D eigenvalue weighted by molar-refractivity contribution is 0.829. The second-order valence-electron chi connectivity index (χ2n) is 3.93. The first kappa shape index (κ1) is 13.0. The molecule has 0 saturated carbocycles. The summed E-state index contributed by atoms with van der Waals surface area (Å²) in [6, 6.07) is 1.94. The van der Waals surface area contributed by atoms with Gasteiger partial charge in [0.2, 0.25) is 0 Å². The molecule has 0 aliphatic carbocycles. The van der Waals surface area contributed by atoms with Gasteiger partial charge in [0.25, 0.3) is 0 Å². The molecule has 1 aromatic heterocycles. The summed E-state index contributed by atoms with van der Waals surface area (Å²) < 4.78 is 0. The van der Waals surface area contributed by atoms with Crippen LogP contribution in [0.15, 0.2) is 6.07 Å². The smallest absolute Gasteiger partial charge is 0.144 e. The van der Waals surface area contributed by atoms with Crippen LogP contribution in [0.2, 0.25) is 0 Å². The summed E-state index contributed by atoms with van der Waals surface area (Å²) in [5, 5.41) is 0.414. The van der Waals surface area contributed by atoms with Crippen LogP contribution in [0.4, 0.5) is 5.82 Å². The van der Waals surface area contributed by atoms with Gasteiger partial charge in [-0.2, -0.15) is 11.8 Å². The zero-order chi connectivity index (χ0) is 12.1. The molecule has 2 heterocycles. The Morgan fingerprint density at radius 3 is 3.00 bits per heavy atom. The Kier molecular flexibility index (Phi) is 4.94. The van der Waals surface area contributed by atoms with Crippen molar-refractivity contribution in [1.82, 2.24) is 9.97 Å². The van der Waals surface area contributed by atoms with Crippen molar-refractivity contribution < 1.29 is 0 Å². The highest BCUT2D eigenvalue weighted by Crippen LogP contribution is 2.35. The summed E-state index contributed by atoms with van der Waals surface area (Å²) in [4.78, 5) is 9.13. The van der Waals surface area contributed by atoms with Gasteiger partial charge in [-0.05, 0) is 6.42 Å². The number of aryl methyl sites for hydroxylation is 1. The fraction of sp³-hybridized carbons (Fsp3) is 0.636. The van der Waals surface area contributed by atoms with Gasteiger partial charge in [-0.15, -0.1) is 11.8 Å². The first-order valence-electron chi connectivity index (χ1n) is 5.87. The van der Waals surface area contributed by atoms with E-state index in [0.29, 0.717) is 5.25 Å². The van der Waals surface area contributed by atoms with Crippen molar-refractivity contribution in [2.75, 3.05) is 22.7 Å². The monoisotopic (exact) mass is 270 g/mol. The Labute approximate surface area is 111 Å². The highest BCUT2D eigenvalue weighted by atomic mass is 32.2. The standard InChI is InChI=1S/C11H18N4S2/c1-2-3-8-6-10(15-12)14-11(13-8)9-7-16-4-5-17-9/h6,9H,2-5,7,12H2,1H3,(H,13,14,15). The first-order valence-corrected chi connectivity index (χ1v) is 8.07. The highest BCUT2D eigenvalue weighted by Gasteiger charge is 2.20. The van der Waals surface area contributed by atoms with Gasteiger partial charge in [0, 0.05) is 29.0 Å². The van der Waals surface area contributed by atoms with Crippen molar-refractivity contribution in [2.24, 2.45) is 5.84 Å². The first-order chi connectivity index (χ1) is 8.33. The van der Waals surface area contributed by atoms with E-state index in [1.165, 1.54) is 11.5 Å². The van der Waals surface area contributed by atoms with Crippen LogP contribution >= 0.6 is 23.5 Å². The third kappa shape index (κ3) is 3.50. The molecule has 0 radical (unpaired) electrons. The van der Waals surface area contributed by atoms with Gasteiger partial charge in [-0.1, -0.05) is 13.3 Å². The van der Waals surface area contributed by atoms with Crippen LogP contribution in [-0.2, 0) is 6.42 Å². The number of nitrogen functional groups attached to an aromatic ring is 1. The molecule has 0 spiro atoms. The summed E-state index contributed by atoms with van der Waals surface area (Å²) >= 11 is 3.93. The average Bonchev–Trinajstić information content (AvgIpc) is 2.40. The van der Waals surface area contributed by atoms with Crippen LogP contribution in [0.25, 0.3) is 0 Å². The van der Waals surface area contributed by atoms with E-state index in [-0.39, 0.29) is 0 Å². The van der Waals surface area contributed by atoms with Crippen LogP contribution in [-0.4, -0.2) is 27.2 Å². The molecule has 1 aliphatic rings. The summed E-state index contributed by atoms with van der Waals surface area (Å²) in [7, 11) is 0. The fourth-order valence-electron chi connectivity index (χ4n) is 1.76. The molecular weight excluding hydrogens is 252 g/mol. The van der Waals surface area contributed by atoms with E-state index in [1.807, 2.05) is 29.6 Å². The lowest BCUT2D eigenvalue weighted by atomic mass is 10.2. The van der Waals surface area contributed by atoms with E-state index in [4.69, 9.17) is 5.84 Å². The van der Waals surface area contributed by atoms with Crippen LogP contribution in [0.1, 0.15) is 30.1 Å². The topological polar surface area (TPSA) is 63.8 Å². The maximum Gasteiger partial charge on any atom is 0.144 e. The molecule has 1 saturated heterocycles. The number of hydrogen-bond acceptors (Lipinski definition) is 6. The van der Waals surface area contributed by atoms with E-state index in [2.05, 4.69) is 22.3 Å². The van der Waals surface area contributed by atoms with E-state index in [0.717, 1.165) is 35.9 Å². The van der Waals surface area contributed by atoms with Crippen LogP contribution in [0.5, 0.6) is 0 Å². The van der Waals surface area contributed by atoms with E-state index in [9.17, 15) is 0 Å². The maximum atomic E-state index is 5.46. The SMILES string of the molecule is CCCc1cc(NN)nc(C2CSCCS2)n1. The van der Waals surface area contributed by atoms with Gasteiger partial charge >= 0.3 is 0 Å². The Bertz CT molecular complexity index is 366. The van der Waals surface area contributed by atoms with Crippen molar-refractivity contribution in [1.29, 1.82) is 0 Å². The molecule has 17 heavy (non-hydrogen) atoms. The molecule has 1 aromatic rings. The second kappa shape index (κ2) is 6.47. The molecule has 6 heteroatoms.